The first-order valence-corrected chi connectivity index (χ1v) is 15.1. The number of rotatable bonds is 8. The van der Waals surface area contributed by atoms with Crippen molar-refractivity contribution in [2.45, 2.75) is 70.1 Å². The molecule has 1 saturated carbocycles. The van der Waals surface area contributed by atoms with E-state index in [9.17, 15) is 31.2 Å². The molecule has 1 aliphatic carbocycles. The molecular formula is C29H35F3N2O4S. The summed E-state index contributed by atoms with van der Waals surface area (Å²) in [6.45, 7) is 6.20. The van der Waals surface area contributed by atoms with Crippen LogP contribution in [0, 0.1) is 17.8 Å². The Hall–Kier alpha value is -2.88. The Bertz CT molecular complexity index is 1320. The van der Waals surface area contributed by atoms with Crippen LogP contribution in [0.1, 0.15) is 84.3 Å². The van der Waals surface area contributed by atoms with Crippen molar-refractivity contribution in [1.82, 2.24) is 10.2 Å². The van der Waals surface area contributed by atoms with Crippen molar-refractivity contribution >= 4 is 21.7 Å². The van der Waals surface area contributed by atoms with Crippen LogP contribution >= 0.6 is 0 Å². The van der Waals surface area contributed by atoms with Gasteiger partial charge in [0.25, 0.3) is 11.8 Å². The fourth-order valence-electron chi connectivity index (χ4n) is 5.72. The third-order valence-electron chi connectivity index (χ3n) is 7.97. The summed E-state index contributed by atoms with van der Waals surface area (Å²) < 4.78 is 63.2. The summed E-state index contributed by atoms with van der Waals surface area (Å²) in [6, 6.07) is 11.2. The van der Waals surface area contributed by atoms with E-state index in [1.807, 2.05) is 13.8 Å². The predicted molar refractivity (Wildman–Crippen MR) is 142 cm³/mol. The van der Waals surface area contributed by atoms with E-state index in [1.165, 1.54) is 12.1 Å². The van der Waals surface area contributed by atoms with Crippen molar-refractivity contribution in [1.29, 1.82) is 0 Å². The molecule has 2 amide bonds. The highest BCUT2D eigenvalue weighted by atomic mass is 32.2. The van der Waals surface area contributed by atoms with Gasteiger partial charge in [0, 0.05) is 24.2 Å². The topological polar surface area (TPSA) is 83.5 Å². The Labute approximate surface area is 227 Å². The minimum Gasteiger partial charge on any atom is -0.348 e. The molecule has 1 fully saturated rings. The van der Waals surface area contributed by atoms with E-state index in [-0.39, 0.29) is 59.7 Å². The monoisotopic (exact) mass is 564 g/mol. The number of carbonyl (C=O) groups is 2. The highest BCUT2D eigenvalue weighted by Crippen LogP contribution is 2.43. The maximum absolute atomic E-state index is 13.5. The molecule has 1 aliphatic heterocycles. The van der Waals surface area contributed by atoms with Gasteiger partial charge in [-0.2, -0.15) is 13.2 Å². The molecule has 1 N–H and O–H groups in total. The van der Waals surface area contributed by atoms with Gasteiger partial charge in [0.2, 0.25) is 0 Å². The first-order valence-electron chi connectivity index (χ1n) is 13.4. The molecule has 1 unspecified atom stereocenters. The van der Waals surface area contributed by atoms with Crippen LogP contribution < -0.4 is 5.32 Å². The van der Waals surface area contributed by atoms with E-state index < -0.39 is 21.9 Å². The molecule has 212 valence electrons. The molecule has 6 nitrogen and oxygen atoms in total. The average molecular weight is 565 g/mol. The lowest BCUT2D eigenvalue weighted by Gasteiger charge is -2.35. The van der Waals surface area contributed by atoms with Gasteiger partial charge >= 0.3 is 6.18 Å². The van der Waals surface area contributed by atoms with Crippen LogP contribution in [-0.2, 0) is 16.4 Å². The second-order valence-corrected chi connectivity index (χ2v) is 13.2. The first kappa shape index (κ1) is 29.1. The standard InChI is InChI=1S/C29H35F3N2O4S/c1-4-39(37,38)23-12-7-19(8-13-23)16-33-27(35)21-9-14-24-25(15-21)28(36)34(26(24)18(2)3)17-20-5-10-22(11-6-20)29(30,31)32/h7-9,12-15,18,20,22,26H,4-6,10-11,16-17H2,1-3H3,(H,33,35). The van der Waals surface area contributed by atoms with Gasteiger partial charge in [-0.05, 0) is 72.9 Å². The molecule has 0 saturated heterocycles. The summed E-state index contributed by atoms with van der Waals surface area (Å²) in [5, 5.41) is 2.82. The number of nitrogens with one attached hydrogen (secondary N) is 1. The summed E-state index contributed by atoms with van der Waals surface area (Å²) in [6.07, 6.45) is -3.10. The number of carbonyl (C=O) groups excluding carboxylic acids is 2. The maximum atomic E-state index is 13.5. The normalized spacial score (nSPS) is 21.8. The highest BCUT2D eigenvalue weighted by Gasteiger charge is 2.44. The van der Waals surface area contributed by atoms with Crippen LogP contribution in [0.5, 0.6) is 0 Å². The lowest BCUT2D eigenvalue weighted by molar-refractivity contribution is -0.184. The molecule has 0 aromatic heterocycles. The van der Waals surface area contributed by atoms with Crippen LogP contribution in [0.25, 0.3) is 0 Å². The van der Waals surface area contributed by atoms with Crippen molar-refractivity contribution in [3.8, 4) is 0 Å². The minimum absolute atomic E-state index is 0.00834. The maximum Gasteiger partial charge on any atom is 0.391 e. The van der Waals surface area contributed by atoms with Gasteiger partial charge in [0.15, 0.2) is 9.84 Å². The summed E-state index contributed by atoms with van der Waals surface area (Å²) in [5.74, 6) is -1.69. The smallest absolute Gasteiger partial charge is 0.348 e. The second-order valence-electron chi connectivity index (χ2n) is 10.9. The summed E-state index contributed by atoms with van der Waals surface area (Å²) in [7, 11) is -3.30. The zero-order valence-corrected chi connectivity index (χ0v) is 23.2. The minimum atomic E-state index is -4.17. The van der Waals surface area contributed by atoms with Gasteiger partial charge < -0.3 is 10.2 Å². The van der Waals surface area contributed by atoms with Crippen LogP contribution in [0.3, 0.4) is 0 Å². The molecule has 39 heavy (non-hydrogen) atoms. The van der Waals surface area contributed by atoms with Crippen LogP contribution in [0.2, 0.25) is 0 Å². The second kappa shape index (κ2) is 11.3. The number of hydrogen-bond donors (Lipinski definition) is 1. The molecule has 0 radical (unpaired) electrons. The number of nitrogens with zero attached hydrogens (tertiary/aromatic N) is 1. The Kier molecular flexibility index (Phi) is 8.44. The zero-order chi connectivity index (χ0) is 28.5. The lowest BCUT2D eigenvalue weighted by atomic mass is 9.81. The molecule has 10 heteroatoms. The van der Waals surface area contributed by atoms with E-state index in [4.69, 9.17) is 0 Å². The predicted octanol–water partition coefficient (Wildman–Crippen LogP) is 5.93. The largest absolute Gasteiger partial charge is 0.391 e. The van der Waals surface area contributed by atoms with Crippen molar-refractivity contribution in [3.05, 3.63) is 64.7 Å². The molecule has 1 atom stereocenters. The van der Waals surface area contributed by atoms with Crippen molar-refractivity contribution in [2.75, 3.05) is 12.3 Å². The molecule has 2 aromatic rings. The zero-order valence-electron chi connectivity index (χ0n) is 22.4. The Balaban J connectivity index is 1.43. The van der Waals surface area contributed by atoms with Crippen LogP contribution in [0.4, 0.5) is 13.2 Å². The summed E-state index contributed by atoms with van der Waals surface area (Å²) in [5.41, 5.74) is 2.37. The van der Waals surface area contributed by atoms with Crippen molar-refractivity contribution in [3.63, 3.8) is 0 Å². The van der Waals surface area contributed by atoms with Gasteiger partial charge in [-0.3, -0.25) is 9.59 Å². The summed E-state index contributed by atoms with van der Waals surface area (Å²) in [4.78, 5) is 28.4. The van der Waals surface area contributed by atoms with Crippen molar-refractivity contribution in [2.24, 2.45) is 17.8 Å². The fourth-order valence-corrected chi connectivity index (χ4v) is 6.61. The molecule has 1 heterocycles. The summed E-state index contributed by atoms with van der Waals surface area (Å²) >= 11 is 0. The third kappa shape index (κ3) is 6.31. The number of alkyl halides is 3. The molecule has 4 rings (SSSR count). The number of amides is 2. The van der Waals surface area contributed by atoms with E-state index >= 15 is 0 Å². The molecule has 2 aromatic carbocycles. The van der Waals surface area contributed by atoms with E-state index in [0.717, 1.165) is 11.1 Å². The number of benzene rings is 2. The first-order chi connectivity index (χ1) is 18.3. The number of halogens is 3. The fraction of sp³-hybridized carbons (Fsp3) is 0.517. The van der Waals surface area contributed by atoms with Gasteiger partial charge in [0.1, 0.15) is 0 Å². The van der Waals surface area contributed by atoms with Crippen molar-refractivity contribution < 1.29 is 31.2 Å². The quantitative estimate of drug-likeness (QED) is 0.431. The van der Waals surface area contributed by atoms with E-state index in [2.05, 4.69) is 5.32 Å². The molecule has 2 aliphatic rings. The number of sulfone groups is 1. The molecule has 0 bridgehead atoms. The number of fused-ring (bicyclic) bond motifs is 1. The van der Waals surface area contributed by atoms with Gasteiger partial charge in [-0.15, -0.1) is 0 Å². The average Bonchev–Trinajstić information content (AvgIpc) is 3.18. The van der Waals surface area contributed by atoms with E-state index in [1.54, 1.807) is 42.2 Å². The SMILES string of the molecule is CCS(=O)(=O)c1ccc(CNC(=O)c2ccc3c(c2)C(=O)N(CC2CCC(C(F)(F)F)CC2)C3C(C)C)cc1. The molecular weight excluding hydrogens is 529 g/mol. The van der Waals surface area contributed by atoms with Crippen LogP contribution in [0.15, 0.2) is 47.4 Å². The molecule has 0 spiro atoms. The van der Waals surface area contributed by atoms with Gasteiger partial charge in [-0.25, -0.2) is 8.42 Å². The lowest BCUT2D eigenvalue weighted by Crippen LogP contribution is -2.37. The van der Waals surface area contributed by atoms with Gasteiger partial charge in [0.05, 0.1) is 22.6 Å². The third-order valence-corrected chi connectivity index (χ3v) is 9.72. The van der Waals surface area contributed by atoms with Crippen LogP contribution in [-0.4, -0.2) is 43.6 Å². The number of hydrogen-bond acceptors (Lipinski definition) is 4. The van der Waals surface area contributed by atoms with Gasteiger partial charge in [-0.1, -0.05) is 39.0 Å². The van der Waals surface area contributed by atoms with E-state index in [0.29, 0.717) is 30.5 Å². The Morgan fingerprint density at radius 3 is 2.26 bits per heavy atom. The Morgan fingerprint density at radius 2 is 1.69 bits per heavy atom. The highest BCUT2D eigenvalue weighted by molar-refractivity contribution is 7.91. The Morgan fingerprint density at radius 1 is 1.05 bits per heavy atom.